The predicted molar refractivity (Wildman–Crippen MR) is 64.8 cm³/mol. The van der Waals surface area contributed by atoms with Crippen molar-refractivity contribution in [2.75, 3.05) is 6.61 Å². The van der Waals surface area contributed by atoms with Crippen molar-refractivity contribution >= 4 is 5.78 Å². The van der Waals surface area contributed by atoms with Crippen LogP contribution >= 0.6 is 0 Å². The van der Waals surface area contributed by atoms with Crippen LogP contribution in [0.15, 0.2) is 12.4 Å². The summed E-state index contributed by atoms with van der Waals surface area (Å²) in [6.45, 7) is 5.71. The quantitative estimate of drug-likeness (QED) is 0.783. The van der Waals surface area contributed by atoms with Crippen molar-refractivity contribution in [1.82, 2.24) is 9.55 Å². The third kappa shape index (κ3) is 2.57. The van der Waals surface area contributed by atoms with Crippen LogP contribution in [-0.2, 0) is 22.5 Å². The van der Waals surface area contributed by atoms with Gasteiger partial charge in [0.05, 0.1) is 12.5 Å². The third-order valence-electron chi connectivity index (χ3n) is 3.50. The van der Waals surface area contributed by atoms with Crippen LogP contribution in [0.5, 0.6) is 0 Å². The van der Waals surface area contributed by atoms with E-state index in [9.17, 15) is 4.79 Å². The lowest BCUT2D eigenvalue weighted by Gasteiger charge is -2.15. The Kier molecular flexibility index (Phi) is 3.94. The van der Waals surface area contributed by atoms with Crippen LogP contribution in [0.3, 0.4) is 0 Å². The molecule has 1 aliphatic rings. The molecule has 1 saturated heterocycles. The summed E-state index contributed by atoms with van der Waals surface area (Å²) < 4.78 is 7.59. The van der Waals surface area contributed by atoms with Gasteiger partial charge in [0.15, 0.2) is 0 Å². The summed E-state index contributed by atoms with van der Waals surface area (Å²) in [5.41, 5.74) is 0. The standard InChI is InChI=1S/C13H20N2O2/c1-3-12-10(5-8-17-12)11(16)9-13-14-6-7-15(13)4-2/h6-7,10,12H,3-5,8-9H2,1-2H3. The second-order valence-electron chi connectivity index (χ2n) is 4.49. The molecule has 1 aliphatic heterocycles. The molecule has 2 rings (SSSR count). The van der Waals surface area contributed by atoms with Crippen molar-refractivity contribution in [1.29, 1.82) is 0 Å². The van der Waals surface area contributed by atoms with Crippen LogP contribution in [0.2, 0.25) is 0 Å². The van der Waals surface area contributed by atoms with Crippen LogP contribution in [0, 0.1) is 5.92 Å². The van der Waals surface area contributed by atoms with Crippen LogP contribution in [0.4, 0.5) is 0 Å². The average Bonchev–Trinajstić information content (AvgIpc) is 2.96. The number of hydrogen-bond acceptors (Lipinski definition) is 3. The first-order valence-electron chi connectivity index (χ1n) is 6.40. The topological polar surface area (TPSA) is 44.1 Å². The van der Waals surface area contributed by atoms with Crippen molar-refractivity contribution < 1.29 is 9.53 Å². The highest BCUT2D eigenvalue weighted by Gasteiger charge is 2.32. The minimum absolute atomic E-state index is 0.0713. The first-order chi connectivity index (χ1) is 8.26. The van der Waals surface area contributed by atoms with Crippen molar-refractivity contribution in [2.45, 2.75) is 45.8 Å². The molecule has 1 fully saturated rings. The van der Waals surface area contributed by atoms with E-state index in [2.05, 4.69) is 18.8 Å². The number of aromatic nitrogens is 2. The highest BCUT2D eigenvalue weighted by Crippen LogP contribution is 2.25. The largest absolute Gasteiger partial charge is 0.377 e. The van der Waals surface area contributed by atoms with E-state index in [0.717, 1.165) is 31.8 Å². The van der Waals surface area contributed by atoms with E-state index in [1.807, 2.05) is 10.8 Å². The number of rotatable bonds is 5. The van der Waals surface area contributed by atoms with Crippen LogP contribution < -0.4 is 0 Å². The maximum Gasteiger partial charge on any atom is 0.146 e. The molecule has 1 aromatic rings. The molecule has 2 atom stereocenters. The highest BCUT2D eigenvalue weighted by molar-refractivity contribution is 5.83. The number of ether oxygens (including phenoxy) is 1. The fourth-order valence-electron chi connectivity index (χ4n) is 2.50. The molecule has 0 radical (unpaired) electrons. The lowest BCUT2D eigenvalue weighted by Crippen LogP contribution is -2.26. The Morgan fingerprint density at radius 2 is 2.41 bits per heavy atom. The molecule has 94 valence electrons. The molecule has 4 nitrogen and oxygen atoms in total. The second kappa shape index (κ2) is 5.45. The summed E-state index contributed by atoms with van der Waals surface area (Å²) in [4.78, 5) is 16.5. The Balaban J connectivity index is 2.01. The van der Waals surface area contributed by atoms with Gasteiger partial charge in [-0.25, -0.2) is 4.98 Å². The number of Topliss-reactive ketones (excluding diaryl/α,β-unsaturated/α-hetero) is 1. The molecule has 0 amide bonds. The fourth-order valence-corrected chi connectivity index (χ4v) is 2.50. The van der Waals surface area contributed by atoms with Gasteiger partial charge in [-0.05, 0) is 19.8 Å². The zero-order chi connectivity index (χ0) is 12.3. The molecule has 0 bridgehead atoms. The second-order valence-corrected chi connectivity index (χ2v) is 4.49. The normalized spacial score (nSPS) is 24.1. The molecule has 4 heteroatoms. The van der Waals surface area contributed by atoms with E-state index in [1.54, 1.807) is 6.20 Å². The van der Waals surface area contributed by atoms with Gasteiger partial charge in [0.1, 0.15) is 11.6 Å². The molecule has 0 aromatic carbocycles. The summed E-state index contributed by atoms with van der Waals surface area (Å²) in [6, 6.07) is 0. The fraction of sp³-hybridized carbons (Fsp3) is 0.692. The molecule has 0 spiro atoms. The average molecular weight is 236 g/mol. The zero-order valence-electron chi connectivity index (χ0n) is 10.6. The van der Waals surface area contributed by atoms with Gasteiger partial charge >= 0.3 is 0 Å². The lowest BCUT2D eigenvalue weighted by atomic mass is 9.93. The van der Waals surface area contributed by atoms with Gasteiger partial charge in [0.25, 0.3) is 0 Å². The minimum atomic E-state index is 0.0713. The van der Waals surface area contributed by atoms with Gasteiger partial charge in [-0.1, -0.05) is 6.92 Å². The zero-order valence-corrected chi connectivity index (χ0v) is 10.6. The number of carbonyl (C=O) groups is 1. The Labute approximate surface area is 102 Å². The Morgan fingerprint density at radius 3 is 3.12 bits per heavy atom. The van der Waals surface area contributed by atoms with Gasteiger partial charge < -0.3 is 9.30 Å². The van der Waals surface area contributed by atoms with Gasteiger partial charge in [0, 0.05) is 31.5 Å². The van der Waals surface area contributed by atoms with Gasteiger partial charge in [-0.3, -0.25) is 4.79 Å². The predicted octanol–water partition coefficient (Wildman–Crippen LogP) is 1.83. The maximum atomic E-state index is 12.2. The van der Waals surface area contributed by atoms with E-state index in [0.29, 0.717) is 6.42 Å². The van der Waals surface area contributed by atoms with Crippen LogP contribution in [-0.4, -0.2) is 28.0 Å². The van der Waals surface area contributed by atoms with E-state index < -0.39 is 0 Å². The minimum Gasteiger partial charge on any atom is -0.377 e. The molecule has 2 unspecified atom stereocenters. The molecular weight excluding hydrogens is 216 g/mol. The van der Waals surface area contributed by atoms with Crippen LogP contribution in [0.25, 0.3) is 0 Å². The summed E-state index contributed by atoms with van der Waals surface area (Å²) in [6.07, 6.45) is 6.01. The third-order valence-corrected chi connectivity index (χ3v) is 3.50. The van der Waals surface area contributed by atoms with Gasteiger partial charge in [-0.15, -0.1) is 0 Å². The molecule has 1 aromatic heterocycles. The summed E-state index contributed by atoms with van der Waals surface area (Å²) >= 11 is 0. The SMILES string of the molecule is CCC1OCCC1C(=O)Cc1nccn1CC. The summed E-state index contributed by atoms with van der Waals surface area (Å²) in [7, 11) is 0. The van der Waals surface area contributed by atoms with Crippen molar-refractivity contribution in [2.24, 2.45) is 5.92 Å². The number of nitrogens with zero attached hydrogens (tertiary/aromatic N) is 2. The maximum absolute atomic E-state index is 12.2. The summed E-state index contributed by atoms with van der Waals surface area (Å²) in [5, 5.41) is 0. The molecule has 0 aliphatic carbocycles. The van der Waals surface area contributed by atoms with Crippen molar-refractivity contribution in [3.8, 4) is 0 Å². The number of ketones is 1. The van der Waals surface area contributed by atoms with Crippen molar-refractivity contribution in [3.63, 3.8) is 0 Å². The Hall–Kier alpha value is -1.16. The molecule has 17 heavy (non-hydrogen) atoms. The van der Waals surface area contributed by atoms with Crippen LogP contribution in [0.1, 0.15) is 32.5 Å². The first-order valence-corrected chi connectivity index (χ1v) is 6.40. The number of aryl methyl sites for hydroxylation is 1. The van der Waals surface area contributed by atoms with Gasteiger partial charge in [-0.2, -0.15) is 0 Å². The van der Waals surface area contributed by atoms with Crippen molar-refractivity contribution in [3.05, 3.63) is 18.2 Å². The summed E-state index contributed by atoms with van der Waals surface area (Å²) in [5.74, 6) is 1.22. The molecule has 2 heterocycles. The number of hydrogen-bond donors (Lipinski definition) is 0. The highest BCUT2D eigenvalue weighted by atomic mass is 16.5. The Bertz CT molecular complexity index is 387. The van der Waals surface area contributed by atoms with Gasteiger partial charge in [0.2, 0.25) is 0 Å². The smallest absolute Gasteiger partial charge is 0.146 e. The Morgan fingerprint density at radius 1 is 1.59 bits per heavy atom. The lowest BCUT2D eigenvalue weighted by molar-refractivity contribution is -0.124. The monoisotopic (exact) mass is 236 g/mol. The van der Waals surface area contributed by atoms with E-state index >= 15 is 0 Å². The molecule has 0 saturated carbocycles. The number of imidazole rings is 1. The number of carbonyl (C=O) groups excluding carboxylic acids is 1. The van der Waals surface area contributed by atoms with E-state index in [4.69, 9.17) is 4.74 Å². The van der Waals surface area contributed by atoms with E-state index in [-0.39, 0.29) is 17.8 Å². The first kappa shape index (κ1) is 12.3. The van der Waals surface area contributed by atoms with E-state index in [1.165, 1.54) is 0 Å². The molecular formula is C13H20N2O2. The molecule has 0 N–H and O–H groups in total.